The number of hydrogen-bond donors (Lipinski definition) is 0. The van der Waals surface area contributed by atoms with Crippen LogP contribution in [-0.2, 0) is 6.42 Å². The Labute approximate surface area is 188 Å². The Morgan fingerprint density at radius 1 is 0.875 bits per heavy atom. The maximum absolute atomic E-state index is 13.0. The van der Waals surface area contributed by atoms with Crippen molar-refractivity contribution < 1.29 is 9.53 Å². The van der Waals surface area contributed by atoms with E-state index in [1.807, 2.05) is 25.1 Å². The third-order valence-electron chi connectivity index (χ3n) is 6.57. The molecule has 2 heterocycles. The molecular weight excluding hydrogens is 400 g/mol. The molecule has 0 radical (unpaired) electrons. The third-order valence-corrected chi connectivity index (χ3v) is 6.57. The van der Waals surface area contributed by atoms with E-state index in [1.165, 1.54) is 5.69 Å². The molecule has 2 aromatic carbocycles. The van der Waals surface area contributed by atoms with Crippen molar-refractivity contribution in [2.45, 2.75) is 25.7 Å². The van der Waals surface area contributed by atoms with E-state index in [-0.39, 0.29) is 11.7 Å². The molecule has 6 heteroatoms. The standard InChI is InChI=1S/C26H28N4O2/c1-18-25-23(16-20(17-24(25)31)19-8-10-22(32-2)11-9-19)28-26(27-18)30-14-12-29(13-15-30)21-6-4-3-5-7-21/h3-11,20H,12-17H2,1-2H3/t20-/m0/s1. The van der Waals surface area contributed by atoms with Gasteiger partial charge in [0.25, 0.3) is 0 Å². The number of ketones is 1. The van der Waals surface area contributed by atoms with Crippen LogP contribution in [0, 0.1) is 6.92 Å². The van der Waals surface area contributed by atoms with Gasteiger partial charge in [0.2, 0.25) is 5.95 Å². The molecule has 0 bridgehead atoms. The first-order valence-electron chi connectivity index (χ1n) is 11.2. The number of anilines is 2. The zero-order valence-electron chi connectivity index (χ0n) is 18.6. The molecule has 1 aliphatic carbocycles. The average Bonchev–Trinajstić information content (AvgIpc) is 2.84. The smallest absolute Gasteiger partial charge is 0.225 e. The highest BCUT2D eigenvalue weighted by molar-refractivity contribution is 5.99. The highest BCUT2D eigenvalue weighted by Gasteiger charge is 2.31. The Morgan fingerprint density at radius 2 is 1.56 bits per heavy atom. The number of aryl methyl sites for hydroxylation is 1. The fraction of sp³-hybridized carbons (Fsp3) is 0.346. The molecule has 0 N–H and O–H groups in total. The van der Waals surface area contributed by atoms with Crippen molar-refractivity contribution >= 4 is 17.4 Å². The van der Waals surface area contributed by atoms with Gasteiger partial charge in [0.1, 0.15) is 5.75 Å². The van der Waals surface area contributed by atoms with Crippen LogP contribution in [0.4, 0.5) is 11.6 Å². The average molecular weight is 429 g/mol. The second-order valence-electron chi connectivity index (χ2n) is 8.54. The molecule has 3 aromatic rings. The molecule has 0 saturated carbocycles. The lowest BCUT2D eigenvalue weighted by Crippen LogP contribution is -2.47. The summed E-state index contributed by atoms with van der Waals surface area (Å²) in [6.45, 7) is 5.52. The van der Waals surface area contributed by atoms with Gasteiger partial charge in [0.15, 0.2) is 5.78 Å². The number of piperazine rings is 1. The minimum absolute atomic E-state index is 0.137. The van der Waals surface area contributed by atoms with Gasteiger partial charge in [-0.05, 0) is 49.1 Å². The van der Waals surface area contributed by atoms with Crippen molar-refractivity contribution in [3.63, 3.8) is 0 Å². The largest absolute Gasteiger partial charge is 0.497 e. The molecule has 1 saturated heterocycles. The van der Waals surface area contributed by atoms with Crippen molar-refractivity contribution in [2.24, 2.45) is 0 Å². The number of carbonyl (C=O) groups is 1. The third kappa shape index (κ3) is 3.93. The zero-order valence-corrected chi connectivity index (χ0v) is 18.6. The summed E-state index contributed by atoms with van der Waals surface area (Å²) in [7, 11) is 1.66. The number of benzene rings is 2. The van der Waals surface area contributed by atoms with E-state index in [2.05, 4.69) is 46.2 Å². The second kappa shape index (κ2) is 8.61. The first-order chi connectivity index (χ1) is 15.6. The lowest BCUT2D eigenvalue weighted by Gasteiger charge is -2.36. The topological polar surface area (TPSA) is 58.6 Å². The van der Waals surface area contributed by atoms with Gasteiger partial charge >= 0.3 is 0 Å². The number of methoxy groups -OCH3 is 1. The molecule has 6 nitrogen and oxygen atoms in total. The van der Waals surface area contributed by atoms with E-state index >= 15 is 0 Å². The van der Waals surface area contributed by atoms with Gasteiger partial charge in [0, 0.05) is 38.3 Å². The number of hydrogen-bond acceptors (Lipinski definition) is 6. The van der Waals surface area contributed by atoms with Gasteiger partial charge in [-0.3, -0.25) is 4.79 Å². The van der Waals surface area contributed by atoms with Gasteiger partial charge in [-0.25, -0.2) is 9.97 Å². The Hall–Kier alpha value is -3.41. The number of carbonyl (C=O) groups excluding carboxylic acids is 1. The maximum atomic E-state index is 13.0. The van der Waals surface area contributed by atoms with Crippen molar-refractivity contribution in [1.29, 1.82) is 0 Å². The van der Waals surface area contributed by atoms with Gasteiger partial charge in [-0.15, -0.1) is 0 Å². The molecular formula is C26H28N4O2. The number of Topliss-reactive ketones (excluding diaryl/α,β-unsaturated/α-hetero) is 1. The summed E-state index contributed by atoms with van der Waals surface area (Å²) in [4.78, 5) is 27.3. The van der Waals surface area contributed by atoms with Crippen LogP contribution in [-0.4, -0.2) is 49.0 Å². The first kappa shape index (κ1) is 20.5. The predicted molar refractivity (Wildman–Crippen MR) is 126 cm³/mol. The summed E-state index contributed by atoms with van der Waals surface area (Å²) in [6.07, 6.45) is 1.26. The molecule has 0 amide bonds. The number of para-hydroxylation sites is 1. The van der Waals surface area contributed by atoms with E-state index in [9.17, 15) is 4.79 Å². The molecule has 1 fully saturated rings. The molecule has 1 aliphatic heterocycles. The Balaban J connectivity index is 1.35. The second-order valence-corrected chi connectivity index (χ2v) is 8.54. The molecule has 32 heavy (non-hydrogen) atoms. The van der Waals surface area contributed by atoms with E-state index in [0.717, 1.165) is 66.8 Å². The molecule has 2 aliphatic rings. The van der Waals surface area contributed by atoms with Gasteiger partial charge in [-0.2, -0.15) is 0 Å². The number of rotatable bonds is 4. The van der Waals surface area contributed by atoms with Crippen LogP contribution >= 0.6 is 0 Å². The van der Waals surface area contributed by atoms with E-state index < -0.39 is 0 Å². The molecule has 0 spiro atoms. The number of nitrogens with zero attached hydrogens (tertiary/aromatic N) is 4. The number of fused-ring (bicyclic) bond motifs is 1. The summed E-state index contributed by atoms with van der Waals surface area (Å²) in [6, 6.07) is 18.5. The van der Waals surface area contributed by atoms with E-state index in [0.29, 0.717) is 6.42 Å². The Kier molecular flexibility index (Phi) is 5.52. The van der Waals surface area contributed by atoms with Gasteiger partial charge < -0.3 is 14.5 Å². The minimum Gasteiger partial charge on any atom is -0.497 e. The summed E-state index contributed by atoms with van der Waals surface area (Å²) < 4.78 is 5.27. The van der Waals surface area contributed by atoms with Crippen LogP contribution in [0.2, 0.25) is 0 Å². The molecule has 0 unspecified atom stereocenters. The summed E-state index contributed by atoms with van der Waals surface area (Å²) in [5.74, 6) is 1.85. The fourth-order valence-electron chi connectivity index (χ4n) is 4.81. The summed E-state index contributed by atoms with van der Waals surface area (Å²) in [5.41, 5.74) is 4.81. The minimum atomic E-state index is 0.137. The van der Waals surface area contributed by atoms with Crippen LogP contribution in [0.5, 0.6) is 5.75 Å². The van der Waals surface area contributed by atoms with Crippen LogP contribution in [0.1, 0.15) is 39.6 Å². The Bertz CT molecular complexity index is 1110. The maximum Gasteiger partial charge on any atom is 0.225 e. The molecule has 5 rings (SSSR count). The molecule has 1 atom stereocenters. The van der Waals surface area contributed by atoms with Crippen LogP contribution in [0.15, 0.2) is 54.6 Å². The zero-order chi connectivity index (χ0) is 22.1. The van der Waals surface area contributed by atoms with Gasteiger partial charge in [-0.1, -0.05) is 30.3 Å². The van der Waals surface area contributed by atoms with Gasteiger partial charge in [0.05, 0.1) is 24.1 Å². The summed E-state index contributed by atoms with van der Waals surface area (Å²) in [5, 5.41) is 0. The van der Waals surface area contributed by atoms with E-state index in [1.54, 1.807) is 7.11 Å². The number of aromatic nitrogens is 2. The summed E-state index contributed by atoms with van der Waals surface area (Å²) >= 11 is 0. The van der Waals surface area contributed by atoms with Crippen LogP contribution in [0.25, 0.3) is 0 Å². The Morgan fingerprint density at radius 3 is 2.25 bits per heavy atom. The quantitative estimate of drug-likeness (QED) is 0.625. The number of ether oxygens (including phenoxy) is 1. The van der Waals surface area contributed by atoms with E-state index in [4.69, 9.17) is 14.7 Å². The van der Waals surface area contributed by atoms with Crippen molar-refractivity contribution in [3.8, 4) is 5.75 Å². The van der Waals surface area contributed by atoms with Crippen LogP contribution < -0.4 is 14.5 Å². The monoisotopic (exact) mass is 428 g/mol. The molecule has 1 aromatic heterocycles. The predicted octanol–water partition coefficient (Wildman–Crippen LogP) is 4.03. The molecule has 164 valence electrons. The SMILES string of the molecule is COc1ccc([C@@H]2CC(=O)c3c(C)nc(N4CCN(c5ccccc5)CC4)nc3C2)cc1. The first-order valence-corrected chi connectivity index (χ1v) is 11.2. The highest BCUT2D eigenvalue weighted by atomic mass is 16.5. The highest BCUT2D eigenvalue weighted by Crippen LogP contribution is 2.34. The van der Waals surface area contributed by atoms with Crippen molar-refractivity contribution in [2.75, 3.05) is 43.1 Å². The lowest BCUT2D eigenvalue weighted by molar-refractivity contribution is 0.0962. The van der Waals surface area contributed by atoms with Crippen molar-refractivity contribution in [1.82, 2.24) is 9.97 Å². The van der Waals surface area contributed by atoms with Crippen LogP contribution in [0.3, 0.4) is 0 Å². The normalized spacial score (nSPS) is 18.4. The van der Waals surface area contributed by atoms with Crippen molar-refractivity contribution in [3.05, 3.63) is 77.1 Å². The fourth-order valence-corrected chi connectivity index (χ4v) is 4.81. The lowest BCUT2D eigenvalue weighted by atomic mass is 9.81.